The fourth-order valence-electron chi connectivity index (χ4n) is 3.79. The first kappa shape index (κ1) is 21.6. The molecule has 3 N–H and O–H groups in total. The summed E-state index contributed by atoms with van der Waals surface area (Å²) in [5, 5.41) is 21.6. The van der Waals surface area contributed by atoms with Crippen LogP contribution in [-0.2, 0) is 14.3 Å². The van der Waals surface area contributed by atoms with Gasteiger partial charge in [-0.15, -0.1) is 0 Å². The second-order valence-corrected chi connectivity index (χ2v) is 9.09. The molecular formula is C20H28ClN3O5. The topological polar surface area (TPSA) is 112 Å². The number of nitrogens with one attached hydrogen (secondary N) is 2. The molecule has 2 aliphatic heterocycles. The number of aliphatic hydroxyl groups excluding tert-OH is 1. The van der Waals surface area contributed by atoms with Crippen LogP contribution < -0.4 is 5.32 Å². The van der Waals surface area contributed by atoms with Gasteiger partial charge in [-0.3, -0.25) is 4.79 Å². The van der Waals surface area contributed by atoms with Crippen molar-refractivity contribution in [1.29, 1.82) is 5.41 Å². The monoisotopic (exact) mass is 425 g/mol. The average Bonchev–Trinajstić information content (AvgIpc) is 3.07. The average molecular weight is 426 g/mol. The highest BCUT2D eigenvalue weighted by Crippen LogP contribution is 2.39. The minimum Gasteiger partial charge on any atom is -0.467 e. The molecule has 9 heteroatoms. The van der Waals surface area contributed by atoms with Crippen LogP contribution >= 0.6 is 11.6 Å². The van der Waals surface area contributed by atoms with E-state index in [1.54, 1.807) is 20.8 Å². The van der Waals surface area contributed by atoms with Crippen LogP contribution in [-0.4, -0.2) is 59.1 Å². The summed E-state index contributed by atoms with van der Waals surface area (Å²) in [5.41, 5.74) is 0.221. The van der Waals surface area contributed by atoms with Crippen LogP contribution in [0.15, 0.2) is 22.6 Å². The fraction of sp³-hybridized carbons (Fsp3) is 0.650. The Morgan fingerprint density at radius 2 is 2.14 bits per heavy atom. The third-order valence-corrected chi connectivity index (χ3v) is 5.66. The molecule has 1 fully saturated rings. The van der Waals surface area contributed by atoms with Crippen molar-refractivity contribution in [3.63, 3.8) is 0 Å². The molecule has 3 atom stereocenters. The number of piperidine rings is 1. The normalized spacial score (nSPS) is 27.2. The third-order valence-electron chi connectivity index (χ3n) is 5.36. The molecule has 0 aromatic heterocycles. The second kappa shape index (κ2) is 8.36. The van der Waals surface area contributed by atoms with E-state index < -0.39 is 17.8 Å². The van der Waals surface area contributed by atoms with Crippen molar-refractivity contribution in [2.45, 2.75) is 51.7 Å². The van der Waals surface area contributed by atoms with Crippen molar-refractivity contribution in [3.05, 3.63) is 22.6 Å². The number of carbonyl (C=O) groups excluding carboxylic acids is 2. The number of likely N-dealkylation sites (tertiary alicyclic amines) is 1. The lowest BCUT2D eigenvalue weighted by atomic mass is 9.94. The van der Waals surface area contributed by atoms with Crippen LogP contribution in [0.25, 0.3) is 0 Å². The maximum Gasteiger partial charge on any atom is 0.410 e. The zero-order chi connectivity index (χ0) is 21.3. The Balaban J connectivity index is 1.53. The van der Waals surface area contributed by atoms with Gasteiger partial charge in [0.2, 0.25) is 0 Å². The maximum atomic E-state index is 12.6. The van der Waals surface area contributed by atoms with Gasteiger partial charge >= 0.3 is 6.09 Å². The Labute approximate surface area is 175 Å². The number of amides is 2. The summed E-state index contributed by atoms with van der Waals surface area (Å²) in [4.78, 5) is 26.3. The SMILES string of the molecule is CC(C)(C)OC(=O)N1CCC(CNC(=O)C2=C3OC=C(Cl)C(=N)C3CC2)C(O)C1. The van der Waals surface area contributed by atoms with Gasteiger partial charge in [-0.05, 0) is 40.0 Å². The number of hydrogen-bond donors (Lipinski definition) is 3. The molecule has 1 aliphatic carbocycles. The molecule has 2 heterocycles. The molecule has 3 unspecified atom stereocenters. The standard InChI is InChI=1S/C20H28ClN3O5/c1-20(2,3)29-19(27)24-7-6-11(15(25)9-24)8-23-18(26)13-5-4-12-16(22)14(21)10-28-17(12)13/h10-12,15,22,25H,4-9H2,1-3H3,(H,23,26). The maximum absolute atomic E-state index is 12.6. The summed E-state index contributed by atoms with van der Waals surface area (Å²) in [5.74, 6) is -0.169. The van der Waals surface area contributed by atoms with Gasteiger partial charge in [0.25, 0.3) is 5.91 Å². The highest BCUT2D eigenvalue weighted by atomic mass is 35.5. The van der Waals surface area contributed by atoms with Crippen molar-refractivity contribution in [2.75, 3.05) is 19.6 Å². The molecule has 0 spiro atoms. The van der Waals surface area contributed by atoms with Crippen LogP contribution in [0.5, 0.6) is 0 Å². The van der Waals surface area contributed by atoms with Crippen molar-refractivity contribution >= 4 is 29.3 Å². The van der Waals surface area contributed by atoms with E-state index in [2.05, 4.69) is 5.32 Å². The molecule has 0 aromatic rings. The van der Waals surface area contributed by atoms with Crippen molar-refractivity contribution < 1.29 is 24.2 Å². The predicted octanol–water partition coefficient (Wildman–Crippen LogP) is 2.51. The number of β-amino-alcohol motifs (C(OH)–C–C–N with tert-alkyl or cyclic N) is 1. The minimum absolute atomic E-state index is 0.152. The molecule has 29 heavy (non-hydrogen) atoms. The molecule has 1 saturated heterocycles. The first-order valence-electron chi connectivity index (χ1n) is 9.85. The molecule has 8 nitrogen and oxygen atoms in total. The lowest BCUT2D eigenvalue weighted by molar-refractivity contribution is -0.118. The number of fused-ring (bicyclic) bond motifs is 1. The van der Waals surface area contributed by atoms with Crippen LogP contribution in [0.1, 0.15) is 40.0 Å². The van der Waals surface area contributed by atoms with Gasteiger partial charge in [-0.1, -0.05) is 11.6 Å². The number of aliphatic hydroxyl groups is 1. The molecule has 0 aromatic carbocycles. The minimum atomic E-state index is -0.744. The largest absolute Gasteiger partial charge is 0.467 e. The summed E-state index contributed by atoms with van der Waals surface area (Å²) in [7, 11) is 0. The molecule has 0 saturated carbocycles. The number of allylic oxidation sites excluding steroid dienone is 2. The van der Waals surface area contributed by atoms with E-state index in [-0.39, 0.29) is 35.0 Å². The molecule has 3 aliphatic rings. The number of hydrogen-bond acceptors (Lipinski definition) is 6. The Bertz CT molecular complexity index is 771. The summed E-state index contributed by atoms with van der Waals surface area (Å²) < 4.78 is 10.8. The summed E-state index contributed by atoms with van der Waals surface area (Å²) in [6, 6.07) is 0. The van der Waals surface area contributed by atoms with Gasteiger partial charge in [-0.2, -0.15) is 0 Å². The molecular weight excluding hydrogens is 398 g/mol. The van der Waals surface area contributed by atoms with Gasteiger partial charge in [0.15, 0.2) is 0 Å². The first-order chi connectivity index (χ1) is 13.6. The van der Waals surface area contributed by atoms with Crippen molar-refractivity contribution in [2.24, 2.45) is 11.8 Å². The molecule has 0 bridgehead atoms. The van der Waals surface area contributed by atoms with E-state index in [9.17, 15) is 14.7 Å². The van der Waals surface area contributed by atoms with E-state index in [1.807, 2.05) is 0 Å². The van der Waals surface area contributed by atoms with Crippen LogP contribution in [0.2, 0.25) is 0 Å². The first-order valence-corrected chi connectivity index (χ1v) is 10.2. The lowest BCUT2D eigenvalue weighted by Crippen LogP contribution is -2.50. The van der Waals surface area contributed by atoms with Gasteiger partial charge in [0.05, 0.1) is 34.9 Å². The van der Waals surface area contributed by atoms with Crippen LogP contribution in [0, 0.1) is 17.2 Å². The lowest BCUT2D eigenvalue weighted by Gasteiger charge is -2.36. The van der Waals surface area contributed by atoms with Crippen LogP contribution in [0.4, 0.5) is 4.79 Å². The number of ether oxygens (including phenoxy) is 2. The zero-order valence-corrected chi connectivity index (χ0v) is 17.7. The predicted molar refractivity (Wildman–Crippen MR) is 107 cm³/mol. The van der Waals surface area contributed by atoms with E-state index in [4.69, 9.17) is 26.5 Å². The summed E-state index contributed by atoms with van der Waals surface area (Å²) in [6.45, 7) is 6.34. The Morgan fingerprint density at radius 1 is 1.41 bits per heavy atom. The van der Waals surface area contributed by atoms with Gasteiger partial charge < -0.3 is 30.2 Å². The highest BCUT2D eigenvalue weighted by molar-refractivity contribution is 6.43. The van der Waals surface area contributed by atoms with Gasteiger partial charge in [-0.25, -0.2) is 4.79 Å². The third kappa shape index (κ3) is 4.93. The molecule has 3 rings (SSSR count). The zero-order valence-electron chi connectivity index (χ0n) is 17.0. The van der Waals surface area contributed by atoms with E-state index in [1.165, 1.54) is 11.2 Å². The molecule has 2 amide bonds. The smallest absolute Gasteiger partial charge is 0.410 e. The van der Waals surface area contributed by atoms with Gasteiger partial charge in [0.1, 0.15) is 17.6 Å². The number of halogens is 1. The summed E-state index contributed by atoms with van der Waals surface area (Å²) >= 11 is 5.93. The highest BCUT2D eigenvalue weighted by Gasteiger charge is 2.38. The van der Waals surface area contributed by atoms with E-state index in [0.29, 0.717) is 43.7 Å². The number of nitrogens with zero attached hydrogens (tertiary/aromatic N) is 1. The summed E-state index contributed by atoms with van der Waals surface area (Å²) in [6.07, 6.45) is 1.82. The van der Waals surface area contributed by atoms with Crippen molar-refractivity contribution in [3.8, 4) is 0 Å². The van der Waals surface area contributed by atoms with E-state index >= 15 is 0 Å². The van der Waals surface area contributed by atoms with Crippen LogP contribution in [0.3, 0.4) is 0 Å². The number of rotatable bonds is 3. The molecule has 0 radical (unpaired) electrons. The van der Waals surface area contributed by atoms with E-state index in [0.717, 1.165) is 0 Å². The fourth-order valence-corrected chi connectivity index (χ4v) is 3.97. The van der Waals surface area contributed by atoms with Crippen molar-refractivity contribution in [1.82, 2.24) is 10.2 Å². The van der Waals surface area contributed by atoms with Gasteiger partial charge in [0, 0.05) is 19.0 Å². The Kier molecular flexibility index (Phi) is 6.24. The molecule has 160 valence electrons. The Morgan fingerprint density at radius 3 is 2.79 bits per heavy atom. The quantitative estimate of drug-likeness (QED) is 0.643. The second-order valence-electron chi connectivity index (χ2n) is 8.68. The Hall–Kier alpha value is -2.06. The number of carbonyl (C=O) groups is 2.